The quantitative estimate of drug-likeness (QED) is 0.790. The van der Waals surface area contributed by atoms with Crippen molar-refractivity contribution in [1.29, 1.82) is 0 Å². The molecule has 3 rings (SSSR count). The Kier molecular flexibility index (Phi) is 5.40. The molecule has 0 unspecified atom stereocenters. The number of benzene rings is 1. The van der Waals surface area contributed by atoms with Crippen molar-refractivity contribution in [2.24, 2.45) is 0 Å². The molecule has 0 radical (unpaired) electrons. The van der Waals surface area contributed by atoms with Crippen molar-refractivity contribution in [2.75, 3.05) is 14.2 Å². The minimum Gasteiger partial charge on any atom is -0.465 e. The number of amides is 1. The van der Waals surface area contributed by atoms with E-state index in [9.17, 15) is 14.4 Å². The number of likely N-dealkylation sites (N-methyl/N-ethyl adjacent to an activating group) is 1. The summed E-state index contributed by atoms with van der Waals surface area (Å²) in [5.41, 5.74) is 0.0409. The molecule has 6 heteroatoms. The number of nitrogens with zero attached hydrogens (tertiary/aromatic N) is 2. The van der Waals surface area contributed by atoms with E-state index in [1.54, 1.807) is 29.3 Å². The van der Waals surface area contributed by atoms with Crippen LogP contribution in [-0.2, 0) is 16.1 Å². The Morgan fingerprint density at radius 1 is 1.19 bits per heavy atom. The molecule has 0 atom stereocenters. The second-order valence-electron chi connectivity index (χ2n) is 6.84. The highest BCUT2D eigenvalue weighted by Gasteiger charge is 2.22. The number of aromatic nitrogens is 1. The predicted molar refractivity (Wildman–Crippen MR) is 99.2 cm³/mol. The van der Waals surface area contributed by atoms with Crippen molar-refractivity contribution in [3.05, 3.63) is 46.4 Å². The van der Waals surface area contributed by atoms with Gasteiger partial charge in [-0.1, -0.05) is 25.3 Å². The molecule has 1 aromatic carbocycles. The summed E-state index contributed by atoms with van der Waals surface area (Å²) in [7, 11) is 3.12. The van der Waals surface area contributed by atoms with Crippen LogP contribution in [0.25, 0.3) is 10.8 Å². The SMILES string of the molecule is COC(=O)c1ccc2ccn(CC(=O)N(C)C3CCCCC3)c(=O)c2c1. The smallest absolute Gasteiger partial charge is 0.337 e. The van der Waals surface area contributed by atoms with E-state index in [2.05, 4.69) is 0 Å². The number of ether oxygens (including phenoxy) is 1. The van der Waals surface area contributed by atoms with Crippen LogP contribution in [0.1, 0.15) is 42.5 Å². The third-order valence-corrected chi connectivity index (χ3v) is 5.22. The van der Waals surface area contributed by atoms with Crippen molar-refractivity contribution in [3.8, 4) is 0 Å². The fourth-order valence-electron chi connectivity index (χ4n) is 3.58. The molecule has 1 aliphatic rings. The van der Waals surface area contributed by atoms with Crippen LogP contribution in [-0.4, -0.2) is 41.5 Å². The summed E-state index contributed by atoms with van der Waals surface area (Å²) in [6.45, 7) is 0.00419. The Morgan fingerprint density at radius 2 is 1.92 bits per heavy atom. The van der Waals surface area contributed by atoms with Crippen LogP contribution in [0.15, 0.2) is 35.3 Å². The Balaban J connectivity index is 1.85. The second-order valence-corrected chi connectivity index (χ2v) is 6.84. The molecule has 0 bridgehead atoms. The highest BCUT2D eigenvalue weighted by atomic mass is 16.5. The maximum absolute atomic E-state index is 12.8. The molecular formula is C20H24N2O4. The number of carbonyl (C=O) groups excluding carboxylic acids is 2. The molecule has 0 aliphatic heterocycles. The lowest BCUT2D eigenvalue weighted by molar-refractivity contribution is -0.133. The molecule has 1 saturated carbocycles. The van der Waals surface area contributed by atoms with Gasteiger partial charge in [-0.3, -0.25) is 9.59 Å². The number of hydrogen-bond acceptors (Lipinski definition) is 4. The van der Waals surface area contributed by atoms with Gasteiger partial charge in [0.1, 0.15) is 6.54 Å². The van der Waals surface area contributed by atoms with Crippen LogP contribution in [0.3, 0.4) is 0 Å². The summed E-state index contributed by atoms with van der Waals surface area (Å²) < 4.78 is 6.12. The van der Waals surface area contributed by atoms with Gasteiger partial charge in [0.05, 0.1) is 12.7 Å². The summed E-state index contributed by atoms with van der Waals surface area (Å²) in [4.78, 5) is 38.9. The fourth-order valence-corrected chi connectivity index (χ4v) is 3.58. The van der Waals surface area contributed by atoms with E-state index in [0.717, 1.165) is 31.1 Å². The van der Waals surface area contributed by atoms with Crippen LogP contribution in [0.4, 0.5) is 0 Å². The first kappa shape index (κ1) is 18.2. The zero-order valence-corrected chi connectivity index (χ0v) is 15.2. The van der Waals surface area contributed by atoms with Gasteiger partial charge in [0.15, 0.2) is 0 Å². The van der Waals surface area contributed by atoms with Gasteiger partial charge in [0, 0.05) is 24.7 Å². The topological polar surface area (TPSA) is 68.6 Å². The van der Waals surface area contributed by atoms with E-state index in [4.69, 9.17) is 4.74 Å². The number of pyridine rings is 1. The van der Waals surface area contributed by atoms with Gasteiger partial charge in [-0.2, -0.15) is 0 Å². The van der Waals surface area contributed by atoms with Gasteiger partial charge in [0.2, 0.25) is 5.91 Å². The number of rotatable bonds is 4. The third-order valence-electron chi connectivity index (χ3n) is 5.22. The zero-order valence-electron chi connectivity index (χ0n) is 15.2. The third kappa shape index (κ3) is 3.64. The normalized spacial score (nSPS) is 15.0. The maximum atomic E-state index is 12.8. The summed E-state index contributed by atoms with van der Waals surface area (Å²) >= 11 is 0. The Morgan fingerprint density at radius 3 is 2.62 bits per heavy atom. The zero-order chi connectivity index (χ0) is 18.7. The predicted octanol–water partition coefficient (Wildman–Crippen LogP) is 2.58. The summed E-state index contributed by atoms with van der Waals surface area (Å²) in [6, 6.07) is 6.91. The van der Waals surface area contributed by atoms with Gasteiger partial charge in [-0.25, -0.2) is 4.79 Å². The van der Waals surface area contributed by atoms with Gasteiger partial charge >= 0.3 is 5.97 Å². The Labute approximate surface area is 152 Å². The van der Waals surface area contributed by atoms with Crippen molar-refractivity contribution in [2.45, 2.75) is 44.7 Å². The summed E-state index contributed by atoms with van der Waals surface area (Å²) in [6.07, 6.45) is 7.21. The molecular weight excluding hydrogens is 332 g/mol. The molecule has 0 spiro atoms. The molecule has 0 saturated heterocycles. The van der Waals surface area contributed by atoms with Crippen molar-refractivity contribution in [3.63, 3.8) is 0 Å². The van der Waals surface area contributed by atoms with E-state index < -0.39 is 5.97 Å². The molecule has 6 nitrogen and oxygen atoms in total. The molecule has 1 fully saturated rings. The van der Waals surface area contributed by atoms with Crippen molar-refractivity contribution < 1.29 is 14.3 Å². The molecule has 138 valence electrons. The fraction of sp³-hybridized carbons (Fsp3) is 0.450. The van der Waals surface area contributed by atoms with Gasteiger partial charge in [0.25, 0.3) is 5.56 Å². The Bertz CT molecular complexity index is 881. The lowest BCUT2D eigenvalue weighted by Crippen LogP contribution is -2.41. The van der Waals surface area contributed by atoms with Crippen LogP contribution in [0.5, 0.6) is 0 Å². The largest absolute Gasteiger partial charge is 0.465 e. The number of methoxy groups -OCH3 is 1. The molecule has 26 heavy (non-hydrogen) atoms. The van der Waals surface area contributed by atoms with Crippen molar-refractivity contribution >= 4 is 22.6 Å². The van der Waals surface area contributed by atoms with Gasteiger partial charge in [-0.05, 0) is 36.4 Å². The molecule has 2 aromatic rings. The van der Waals surface area contributed by atoms with Gasteiger partial charge < -0.3 is 14.2 Å². The monoisotopic (exact) mass is 356 g/mol. The molecule has 0 N–H and O–H groups in total. The van der Waals surface area contributed by atoms with Crippen LogP contribution >= 0.6 is 0 Å². The number of fused-ring (bicyclic) bond motifs is 1. The first-order valence-corrected chi connectivity index (χ1v) is 8.98. The van der Waals surface area contributed by atoms with Gasteiger partial charge in [-0.15, -0.1) is 0 Å². The molecule has 1 heterocycles. The highest BCUT2D eigenvalue weighted by Crippen LogP contribution is 2.22. The van der Waals surface area contributed by atoms with Crippen molar-refractivity contribution in [1.82, 2.24) is 9.47 Å². The molecule has 1 aliphatic carbocycles. The summed E-state index contributed by atoms with van der Waals surface area (Å²) in [5, 5.41) is 1.13. The number of hydrogen-bond donors (Lipinski definition) is 0. The maximum Gasteiger partial charge on any atom is 0.337 e. The van der Waals surface area contributed by atoms with E-state index in [1.165, 1.54) is 24.2 Å². The minimum absolute atomic E-state index is 0.00419. The Hall–Kier alpha value is -2.63. The number of carbonyl (C=O) groups is 2. The average molecular weight is 356 g/mol. The lowest BCUT2D eigenvalue weighted by atomic mass is 9.94. The minimum atomic E-state index is -0.491. The van der Waals surface area contributed by atoms with E-state index in [1.807, 2.05) is 7.05 Å². The van der Waals surface area contributed by atoms with Crippen LogP contribution < -0.4 is 5.56 Å². The molecule has 1 aromatic heterocycles. The van der Waals surface area contributed by atoms with E-state index >= 15 is 0 Å². The van der Waals surface area contributed by atoms with E-state index in [0.29, 0.717) is 10.9 Å². The first-order valence-electron chi connectivity index (χ1n) is 8.98. The average Bonchev–Trinajstić information content (AvgIpc) is 2.69. The van der Waals surface area contributed by atoms with Crippen LogP contribution in [0, 0.1) is 0 Å². The standard InChI is InChI=1S/C20H24N2O4/c1-21(16-6-4-3-5-7-16)18(23)13-22-11-10-14-8-9-15(20(25)26-2)12-17(14)19(22)24/h8-12,16H,3-7,13H2,1-2H3. The van der Waals surface area contributed by atoms with E-state index in [-0.39, 0.29) is 24.1 Å². The lowest BCUT2D eigenvalue weighted by Gasteiger charge is -2.31. The first-order chi connectivity index (χ1) is 12.5. The highest BCUT2D eigenvalue weighted by molar-refractivity contribution is 5.95. The second kappa shape index (κ2) is 7.72. The van der Waals surface area contributed by atoms with Crippen LogP contribution in [0.2, 0.25) is 0 Å². The summed E-state index contributed by atoms with van der Waals surface area (Å²) in [5.74, 6) is -0.558. The number of esters is 1. The molecule has 1 amide bonds.